The minimum absolute atomic E-state index is 0.0979. The van der Waals surface area contributed by atoms with E-state index in [9.17, 15) is 43.2 Å². The maximum Gasteiger partial charge on any atom is 0.472 e. The minimum atomic E-state index is -4.96. The number of unbranched alkanes of at least 4 members (excludes halogenated alkanes) is 31. The molecule has 524 valence electrons. The average molecular weight is 1310 g/mol. The lowest BCUT2D eigenvalue weighted by Gasteiger charge is -2.21. The van der Waals surface area contributed by atoms with Gasteiger partial charge in [0.25, 0.3) is 0 Å². The normalized spacial score (nSPS) is 14.4. The van der Waals surface area contributed by atoms with E-state index in [1.165, 1.54) is 109 Å². The summed E-state index contributed by atoms with van der Waals surface area (Å²) in [5.74, 6) is 0.0125. The Morgan fingerprint density at radius 3 is 0.910 bits per heavy atom. The SMILES string of the molecule is CCCCCC/C=C\C=C/CCCCCCCC(=O)OC[C@H](COP(=O)(O)OCC(O)COP(=O)(O)OC[C@@H](COC(=O)CCCCCCCCCC(C)C)OC(=O)CCCCCCCCCCCC(C)C)OC(=O)CCCCCCCCCCCC(C)C. The predicted octanol–water partition coefficient (Wildman–Crippen LogP) is 19.4. The van der Waals surface area contributed by atoms with Crippen LogP contribution in [0.4, 0.5) is 0 Å². The fourth-order valence-electron chi connectivity index (χ4n) is 10.0. The lowest BCUT2D eigenvalue weighted by molar-refractivity contribution is -0.161. The molecule has 0 saturated carbocycles. The average Bonchev–Trinajstić information content (AvgIpc) is 3.52. The molecular weight excluding hydrogens is 1170 g/mol. The van der Waals surface area contributed by atoms with Crippen molar-refractivity contribution in [3.63, 3.8) is 0 Å². The zero-order valence-electron chi connectivity index (χ0n) is 57.4. The molecule has 0 fully saturated rings. The fourth-order valence-corrected chi connectivity index (χ4v) is 11.6. The standard InChI is InChI=1S/C70H132O17P2/c1-8-9-10-11-12-13-14-15-16-17-18-23-30-37-44-51-67(72)80-57-65(86-69(74)53-46-39-31-24-19-21-27-34-41-48-61(2)3)59-84-88(76,77)82-55-64(71)56-83-89(78,79)85-60-66(58-81-68(73)52-45-38-33-26-29-36-43-50-63(6)7)87-70(75)54-47-40-32-25-20-22-28-35-42-49-62(4)5/h13-16,61-66,71H,8-12,17-60H2,1-7H3,(H,76,77)(H,78,79)/b14-13-,16-15-/t64?,65-,66-/m1/s1. The van der Waals surface area contributed by atoms with Gasteiger partial charge < -0.3 is 33.8 Å². The number of allylic oxidation sites excluding steroid dienone is 4. The van der Waals surface area contributed by atoms with Crippen molar-refractivity contribution in [3.05, 3.63) is 24.3 Å². The molecule has 0 aromatic carbocycles. The second kappa shape index (κ2) is 60.5. The number of aliphatic hydroxyl groups is 1. The minimum Gasteiger partial charge on any atom is -0.462 e. The zero-order chi connectivity index (χ0) is 65.9. The van der Waals surface area contributed by atoms with Gasteiger partial charge in [0.2, 0.25) is 0 Å². The predicted molar refractivity (Wildman–Crippen MR) is 358 cm³/mol. The molecule has 5 atom stereocenters. The molecule has 3 unspecified atom stereocenters. The van der Waals surface area contributed by atoms with Crippen molar-refractivity contribution >= 4 is 39.5 Å². The molecule has 0 rings (SSSR count). The molecule has 0 radical (unpaired) electrons. The van der Waals surface area contributed by atoms with Gasteiger partial charge in [0.05, 0.1) is 26.4 Å². The highest BCUT2D eigenvalue weighted by Crippen LogP contribution is 2.45. The number of hydrogen-bond donors (Lipinski definition) is 3. The van der Waals surface area contributed by atoms with Gasteiger partial charge >= 0.3 is 39.5 Å². The molecule has 0 aromatic rings. The third-order valence-corrected chi connectivity index (χ3v) is 17.4. The molecule has 3 N–H and O–H groups in total. The Hall–Kier alpha value is -2.46. The van der Waals surface area contributed by atoms with Crippen molar-refractivity contribution in [3.8, 4) is 0 Å². The summed E-state index contributed by atoms with van der Waals surface area (Å²) in [7, 11) is -9.91. The van der Waals surface area contributed by atoms with E-state index < -0.39 is 97.5 Å². The van der Waals surface area contributed by atoms with Crippen molar-refractivity contribution in [2.45, 2.75) is 343 Å². The third-order valence-electron chi connectivity index (χ3n) is 15.5. The Labute approximate surface area is 542 Å². The van der Waals surface area contributed by atoms with Gasteiger partial charge in [-0.3, -0.25) is 37.3 Å². The fraction of sp³-hybridized carbons (Fsp3) is 0.886. The molecule has 0 aliphatic heterocycles. The molecule has 19 heteroatoms. The summed E-state index contributed by atoms with van der Waals surface area (Å²) < 4.78 is 68.2. The molecule has 0 aromatic heterocycles. The second-order valence-corrected chi connectivity index (χ2v) is 28.9. The first-order valence-corrected chi connectivity index (χ1v) is 38.7. The number of carbonyl (C=O) groups excluding carboxylic acids is 4. The van der Waals surface area contributed by atoms with Crippen molar-refractivity contribution in [1.82, 2.24) is 0 Å². The van der Waals surface area contributed by atoms with E-state index in [2.05, 4.69) is 72.8 Å². The maximum atomic E-state index is 13.0. The van der Waals surface area contributed by atoms with Gasteiger partial charge in [-0.15, -0.1) is 0 Å². The Morgan fingerprint density at radius 2 is 0.607 bits per heavy atom. The summed E-state index contributed by atoms with van der Waals surface area (Å²) in [5.41, 5.74) is 0. The number of ether oxygens (including phenoxy) is 4. The van der Waals surface area contributed by atoms with E-state index >= 15 is 0 Å². The highest BCUT2D eigenvalue weighted by Gasteiger charge is 2.30. The maximum absolute atomic E-state index is 13.0. The Kier molecular flexibility index (Phi) is 58.8. The number of carbonyl (C=O) groups is 4. The van der Waals surface area contributed by atoms with Crippen LogP contribution in [0.25, 0.3) is 0 Å². The van der Waals surface area contributed by atoms with Gasteiger partial charge in [-0.1, -0.05) is 272 Å². The van der Waals surface area contributed by atoms with Crippen molar-refractivity contribution in [2.24, 2.45) is 17.8 Å². The number of aliphatic hydroxyl groups excluding tert-OH is 1. The lowest BCUT2D eigenvalue weighted by Crippen LogP contribution is -2.30. The van der Waals surface area contributed by atoms with Crippen LogP contribution in [-0.2, 0) is 65.4 Å². The number of hydrogen-bond acceptors (Lipinski definition) is 15. The Bertz CT molecular complexity index is 1840. The van der Waals surface area contributed by atoms with Crippen LogP contribution in [0, 0.1) is 17.8 Å². The van der Waals surface area contributed by atoms with Gasteiger partial charge in [0.15, 0.2) is 12.2 Å². The van der Waals surface area contributed by atoms with Crippen LogP contribution in [0.15, 0.2) is 24.3 Å². The number of phosphoric acid groups is 2. The van der Waals surface area contributed by atoms with E-state index in [1.54, 1.807) is 0 Å². The largest absolute Gasteiger partial charge is 0.472 e. The first-order valence-electron chi connectivity index (χ1n) is 35.7. The van der Waals surface area contributed by atoms with Crippen LogP contribution in [0.5, 0.6) is 0 Å². The van der Waals surface area contributed by atoms with Gasteiger partial charge in [-0.2, -0.15) is 0 Å². The summed E-state index contributed by atoms with van der Waals surface area (Å²) in [5, 5.41) is 10.6. The monoisotopic (exact) mass is 1310 g/mol. The summed E-state index contributed by atoms with van der Waals surface area (Å²) >= 11 is 0. The van der Waals surface area contributed by atoms with Crippen LogP contribution in [0.1, 0.15) is 325 Å². The van der Waals surface area contributed by atoms with E-state index in [0.29, 0.717) is 31.6 Å². The molecule has 0 bridgehead atoms. The van der Waals surface area contributed by atoms with Gasteiger partial charge in [-0.05, 0) is 69.1 Å². The summed E-state index contributed by atoms with van der Waals surface area (Å²) in [6, 6.07) is 0. The molecule has 0 saturated heterocycles. The number of esters is 4. The van der Waals surface area contributed by atoms with Gasteiger partial charge in [0, 0.05) is 25.7 Å². The Balaban J connectivity index is 5.28. The van der Waals surface area contributed by atoms with Crippen molar-refractivity contribution < 1.29 is 80.2 Å². The van der Waals surface area contributed by atoms with Crippen molar-refractivity contribution in [2.75, 3.05) is 39.6 Å². The van der Waals surface area contributed by atoms with Crippen LogP contribution >= 0.6 is 15.6 Å². The molecular formula is C70H132O17P2. The van der Waals surface area contributed by atoms with E-state index in [0.717, 1.165) is 127 Å². The quantitative estimate of drug-likeness (QED) is 0.0169. The molecule has 0 amide bonds. The first-order chi connectivity index (χ1) is 42.7. The van der Waals surface area contributed by atoms with Crippen molar-refractivity contribution in [1.29, 1.82) is 0 Å². The lowest BCUT2D eigenvalue weighted by atomic mass is 10.0. The summed E-state index contributed by atoms with van der Waals surface area (Å²) in [4.78, 5) is 72.5. The van der Waals surface area contributed by atoms with Crippen LogP contribution in [0.3, 0.4) is 0 Å². The molecule has 0 aliphatic carbocycles. The van der Waals surface area contributed by atoms with Crippen LogP contribution < -0.4 is 0 Å². The van der Waals surface area contributed by atoms with Crippen LogP contribution in [-0.4, -0.2) is 96.7 Å². The van der Waals surface area contributed by atoms with E-state index in [4.69, 9.17) is 37.0 Å². The van der Waals surface area contributed by atoms with E-state index in [1.807, 2.05) is 0 Å². The molecule has 17 nitrogen and oxygen atoms in total. The zero-order valence-corrected chi connectivity index (χ0v) is 59.2. The summed E-state index contributed by atoms with van der Waals surface area (Å²) in [6.45, 7) is 11.7. The van der Waals surface area contributed by atoms with Gasteiger partial charge in [-0.25, -0.2) is 9.13 Å². The second-order valence-electron chi connectivity index (χ2n) is 26.0. The first kappa shape index (κ1) is 86.5. The molecule has 0 spiro atoms. The summed E-state index contributed by atoms with van der Waals surface area (Å²) in [6.07, 6.45) is 46.8. The van der Waals surface area contributed by atoms with Gasteiger partial charge in [0.1, 0.15) is 19.3 Å². The molecule has 0 aliphatic rings. The highest BCUT2D eigenvalue weighted by molar-refractivity contribution is 7.47. The number of rotatable bonds is 66. The van der Waals surface area contributed by atoms with Crippen LogP contribution in [0.2, 0.25) is 0 Å². The highest BCUT2D eigenvalue weighted by atomic mass is 31.2. The van der Waals surface area contributed by atoms with E-state index in [-0.39, 0.29) is 25.7 Å². The smallest absolute Gasteiger partial charge is 0.462 e. The third kappa shape index (κ3) is 64.1. The Morgan fingerprint density at radius 1 is 0.348 bits per heavy atom. The topological polar surface area (TPSA) is 237 Å². The molecule has 0 heterocycles. The molecule has 89 heavy (non-hydrogen) atoms. The number of phosphoric ester groups is 2.